The third-order valence-corrected chi connectivity index (χ3v) is 4.44. The van der Waals surface area contributed by atoms with Gasteiger partial charge in [-0.2, -0.15) is 0 Å². The molecule has 0 aliphatic carbocycles. The summed E-state index contributed by atoms with van der Waals surface area (Å²) in [6, 6.07) is 0.0739. The molecule has 2 fully saturated rings. The van der Waals surface area contributed by atoms with Crippen molar-refractivity contribution >= 4 is 23.2 Å². The summed E-state index contributed by atoms with van der Waals surface area (Å²) in [5.74, 6) is 0. The predicted octanol–water partition coefficient (Wildman–Crippen LogP) is 2.11. The molecule has 0 aromatic heterocycles. The van der Waals surface area contributed by atoms with Gasteiger partial charge < -0.3 is 9.47 Å². The van der Waals surface area contributed by atoms with Gasteiger partial charge in [-0.1, -0.05) is 0 Å². The van der Waals surface area contributed by atoms with Crippen LogP contribution in [0.4, 0.5) is 0 Å². The third kappa shape index (κ3) is 2.49. The summed E-state index contributed by atoms with van der Waals surface area (Å²) < 4.78 is 11.0. The van der Waals surface area contributed by atoms with Crippen molar-refractivity contribution in [2.24, 2.45) is 0 Å². The van der Waals surface area contributed by atoms with Crippen LogP contribution in [0.2, 0.25) is 0 Å². The molecule has 2 aliphatic rings. The molecule has 3 nitrogen and oxygen atoms in total. The number of hydrogen-bond acceptors (Lipinski definition) is 3. The molecule has 0 aromatic rings. The van der Waals surface area contributed by atoms with Crippen LogP contribution in [-0.2, 0) is 9.47 Å². The average Bonchev–Trinajstić information content (AvgIpc) is 2.57. The molecule has 0 amide bonds. The standard InChI is InChI=1S/C11H19Cl2NO2/c1-15-7-8-11(13,6-10(12)14-8)9-4-2-3-5-16-9/h8-10,14H,2-7H2,1H3. The Hall–Kier alpha value is 0.460. The highest BCUT2D eigenvalue weighted by Gasteiger charge is 2.51. The van der Waals surface area contributed by atoms with Crippen LogP contribution in [0.1, 0.15) is 25.7 Å². The molecule has 2 rings (SSSR count). The van der Waals surface area contributed by atoms with Crippen LogP contribution in [0.3, 0.4) is 0 Å². The number of rotatable bonds is 3. The minimum absolute atomic E-state index is 0.0739. The molecular formula is C11H19Cl2NO2. The lowest BCUT2D eigenvalue weighted by Crippen LogP contribution is -2.51. The molecule has 0 radical (unpaired) electrons. The van der Waals surface area contributed by atoms with Crippen molar-refractivity contribution in [2.45, 2.75) is 48.2 Å². The fourth-order valence-electron chi connectivity index (χ4n) is 2.66. The predicted molar refractivity (Wildman–Crippen MR) is 65.2 cm³/mol. The minimum Gasteiger partial charge on any atom is -0.383 e. The van der Waals surface area contributed by atoms with Crippen molar-refractivity contribution < 1.29 is 9.47 Å². The molecule has 4 atom stereocenters. The number of halogens is 2. The number of ether oxygens (including phenoxy) is 2. The van der Waals surface area contributed by atoms with E-state index in [4.69, 9.17) is 32.7 Å². The van der Waals surface area contributed by atoms with Gasteiger partial charge in [-0.05, 0) is 25.7 Å². The molecule has 16 heavy (non-hydrogen) atoms. The van der Waals surface area contributed by atoms with E-state index in [2.05, 4.69) is 5.32 Å². The SMILES string of the molecule is COCC1NC(Cl)CC1(Cl)C1CCCCO1. The Balaban J connectivity index is 2.07. The van der Waals surface area contributed by atoms with E-state index in [9.17, 15) is 0 Å². The summed E-state index contributed by atoms with van der Waals surface area (Å²) in [5, 5.41) is 3.27. The van der Waals surface area contributed by atoms with E-state index in [1.165, 1.54) is 6.42 Å². The van der Waals surface area contributed by atoms with Crippen LogP contribution in [0.15, 0.2) is 0 Å². The zero-order valence-electron chi connectivity index (χ0n) is 9.55. The van der Waals surface area contributed by atoms with E-state index in [1.54, 1.807) is 7.11 Å². The van der Waals surface area contributed by atoms with Crippen LogP contribution in [0.5, 0.6) is 0 Å². The molecule has 94 valence electrons. The van der Waals surface area contributed by atoms with Gasteiger partial charge in [0.15, 0.2) is 0 Å². The number of methoxy groups -OCH3 is 1. The molecule has 5 heteroatoms. The highest BCUT2D eigenvalue weighted by molar-refractivity contribution is 6.27. The maximum atomic E-state index is 6.74. The Bertz CT molecular complexity index is 229. The molecule has 1 N–H and O–H groups in total. The Morgan fingerprint density at radius 1 is 1.50 bits per heavy atom. The molecule has 2 saturated heterocycles. The fourth-order valence-corrected chi connectivity index (χ4v) is 3.60. The Morgan fingerprint density at radius 3 is 2.94 bits per heavy atom. The first-order valence-electron chi connectivity index (χ1n) is 5.86. The first-order chi connectivity index (χ1) is 7.66. The molecule has 0 bridgehead atoms. The Labute approximate surface area is 107 Å². The molecule has 2 aliphatic heterocycles. The van der Waals surface area contributed by atoms with E-state index in [1.807, 2.05) is 0 Å². The maximum Gasteiger partial charge on any atom is 0.0909 e. The van der Waals surface area contributed by atoms with Gasteiger partial charge in [-0.15, -0.1) is 23.2 Å². The summed E-state index contributed by atoms with van der Waals surface area (Å²) >= 11 is 12.9. The molecule has 4 unspecified atom stereocenters. The normalized spacial score (nSPS) is 44.8. The second-order valence-electron chi connectivity index (χ2n) is 4.63. The summed E-state index contributed by atoms with van der Waals surface area (Å²) in [5.41, 5.74) is -0.0804. The van der Waals surface area contributed by atoms with Gasteiger partial charge in [0.2, 0.25) is 0 Å². The Morgan fingerprint density at radius 2 is 2.31 bits per heavy atom. The van der Waals surface area contributed by atoms with E-state index in [-0.39, 0.29) is 17.6 Å². The van der Waals surface area contributed by atoms with Crippen molar-refractivity contribution in [3.63, 3.8) is 0 Å². The van der Waals surface area contributed by atoms with Gasteiger partial charge >= 0.3 is 0 Å². The molecule has 2 heterocycles. The highest BCUT2D eigenvalue weighted by atomic mass is 35.5. The van der Waals surface area contributed by atoms with Crippen LogP contribution in [0, 0.1) is 0 Å². The number of nitrogens with one attached hydrogen (secondary N) is 1. The monoisotopic (exact) mass is 267 g/mol. The lowest BCUT2D eigenvalue weighted by Gasteiger charge is -2.38. The summed E-state index contributed by atoms with van der Waals surface area (Å²) in [4.78, 5) is -0.414. The van der Waals surface area contributed by atoms with Crippen molar-refractivity contribution in [3.05, 3.63) is 0 Å². The largest absolute Gasteiger partial charge is 0.383 e. The molecule has 0 saturated carbocycles. The zero-order valence-corrected chi connectivity index (χ0v) is 11.1. The van der Waals surface area contributed by atoms with Gasteiger partial charge in [0, 0.05) is 13.7 Å². The smallest absolute Gasteiger partial charge is 0.0909 e. The van der Waals surface area contributed by atoms with E-state index in [0.29, 0.717) is 6.61 Å². The van der Waals surface area contributed by atoms with Crippen LogP contribution in [-0.4, -0.2) is 42.8 Å². The lowest BCUT2D eigenvalue weighted by atomic mass is 9.89. The van der Waals surface area contributed by atoms with Gasteiger partial charge in [0.1, 0.15) is 0 Å². The first-order valence-corrected chi connectivity index (χ1v) is 6.68. The molecule has 0 aromatic carbocycles. The number of hydrogen-bond donors (Lipinski definition) is 1. The summed E-state index contributed by atoms with van der Waals surface area (Å²) in [6.45, 7) is 1.39. The van der Waals surface area contributed by atoms with Crippen LogP contribution in [0.25, 0.3) is 0 Å². The van der Waals surface area contributed by atoms with Gasteiger partial charge in [-0.3, -0.25) is 5.32 Å². The first kappa shape index (κ1) is 12.9. The van der Waals surface area contributed by atoms with Crippen molar-refractivity contribution in [1.82, 2.24) is 5.32 Å². The van der Waals surface area contributed by atoms with Crippen LogP contribution < -0.4 is 5.32 Å². The second kappa shape index (κ2) is 5.40. The Kier molecular flexibility index (Phi) is 4.36. The van der Waals surface area contributed by atoms with Crippen LogP contribution >= 0.6 is 23.2 Å². The van der Waals surface area contributed by atoms with Gasteiger partial charge in [0.25, 0.3) is 0 Å². The van der Waals surface area contributed by atoms with E-state index in [0.717, 1.165) is 25.9 Å². The maximum absolute atomic E-state index is 6.74. The number of alkyl halides is 2. The summed E-state index contributed by atoms with van der Waals surface area (Å²) in [6.07, 6.45) is 4.17. The van der Waals surface area contributed by atoms with Crippen molar-refractivity contribution in [2.75, 3.05) is 20.3 Å². The zero-order chi connectivity index (χ0) is 11.6. The summed E-state index contributed by atoms with van der Waals surface area (Å²) in [7, 11) is 1.68. The lowest BCUT2D eigenvalue weighted by molar-refractivity contribution is -0.0198. The third-order valence-electron chi connectivity index (χ3n) is 3.50. The van der Waals surface area contributed by atoms with Gasteiger partial charge in [0.05, 0.1) is 29.1 Å². The molecule has 0 spiro atoms. The fraction of sp³-hybridized carbons (Fsp3) is 1.00. The average molecular weight is 268 g/mol. The van der Waals surface area contributed by atoms with Crippen molar-refractivity contribution in [3.8, 4) is 0 Å². The van der Waals surface area contributed by atoms with E-state index >= 15 is 0 Å². The quantitative estimate of drug-likeness (QED) is 0.628. The topological polar surface area (TPSA) is 30.5 Å². The molecular weight excluding hydrogens is 249 g/mol. The second-order valence-corrected chi connectivity index (χ2v) is 5.86. The van der Waals surface area contributed by atoms with E-state index < -0.39 is 4.87 Å². The van der Waals surface area contributed by atoms with Crippen molar-refractivity contribution in [1.29, 1.82) is 0 Å². The van der Waals surface area contributed by atoms with Gasteiger partial charge in [-0.25, -0.2) is 0 Å². The minimum atomic E-state index is -0.414. The highest BCUT2D eigenvalue weighted by Crippen LogP contribution is 2.41.